The molecule has 154 valence electrons. The van der Waals surface area contributed by atoms with Crippen LogP contribution < -0.4 is 10.1 Å². The summed E-state index contributed by atoms with van der Waals surface area (Å²) in [4.78, 5) is 36.2. The van der Waals surface area contributed by atoms with E-state index in [0.29, 0.717) is 17.9 Å². The van der Waals surface area contributed by atoms with Gasteiger partial charge < -0.3 is 14.8 Å². The lowest BCUT2D eigenvalue weighted by Gasteiger charge is -2.08. The zero-order valence-corrected chi connectivity index (χ0v) is 16.7. The highest BCUT2D eigenvalue weighted by atomic mass is 16.5. The molecule has 0 heterocycles. The van der Waals surface area contributed by atoms with Crippen molar-refractivity contribution < 1.29 is 23.9 Å². The molecule has 0 saturated heterocycles. The molecule has 0 unspecified atom stereocenters. The first kappa shape index (κ1) is 21.0. The van der Waals surface area contributed by atoms with Gasteiger partial charge in [0.1, 0.15) is 12.3 Å². The van der Waals surface area contributed by atoms with E-state index in [0.717, 1.165) is 16.3 Å². The molecule has 0 fully saturated rings. The highest BCUT2D eigenvalue weighted by Gasteiger charge is 2.12. The third-order valence-electron chi connectivity index (χ3n) is 4.51. The van der Waals surface area contributed by atoms with Crippen molar-refractivity contribution >= 4 is 28.4 Å². The molecule has 3 rings (SSSR count). The first-order chi connectivity index (χ1) is 14.6. The van der Waals surface area contributed by atoms with E-state index in [9.17, 15) is 14.4 Å². The van der Waals surface area contributed by atoms with Crippen molar-refractivity contribution in [3.63, 3.8) is 0 Å². The fourth-order valence-electron chi connectivity index (χ4n) is 3.04. The molecule has 0 spiro atoms. The number of ether oxygens (including phenoxy) is 2. The van der Waals surface area contributed by atoms with E-state index in [-0.39, 0.29) is 31.3 Å². The minimum atomic E-state index is -0.666. The lowest BCUT2D eigenvalue weighted by molar-refractivity contribution is -0.142. The molecule has 0 aliphatic rings. The molecule has 0 aliphatic carbocycles. The fourth-order valence-corrected chi connectivity index (χ4v) is 3.04. The third-order valence-corrected chi connectivity index (χ3v) is 4.51. The van der Waals surface area contributed by atoms with Crippen LogP contribution in [0.2, 0.25) is 0 Å². The van der Waals surface area contributed by atoms with E-state index >= 15 is 0 Å². The summed E-state index contributed by atoms with van der Waals surface area (Å²) in [7, 11) is 0. The Kier molecular flexibility index (Phi) is 7.16. The van der Waals surface area contributed by atoms with Crippen molar-refractivity contribution in [3.8, 4) is 5.75 Å². The van der Waals surface area contributed by atoms with Gasteiger partial charge in [-0.1, -0.05) is 42.5 Å². The first-order valence-corrected chi connectivity index (χ1v) is 9.72. The lowest BCUT2D eigenvalue weighted by atomic mass is 10.0. The number of esters is 1. The largest absolute Gasteiger partial charge is 0.494 e. The van der Waals surface area contributed by atoms with Crippen LogP contribution in [0, 0.1) is 0 Å². The number of carbonyl (C=O) groups excluding carboxylic acids is 3. The first-order valence-electron chi connectivity index (χ1n) is 9.72. The van der Waals surface area contributed by atoms with Gasteiger partial charge in [-0.15, -0.1) is 0 Å². The Balaban J connectivity index is 1.45. The maximum Gasteiger partial charge on any atom is 0.325 e. The van der Waals surface area contributed by atoms with Gasteiger partial charge in [-0.25, -0.2) is 0 Å². The summed E-state index contributed by atoms with van der Waals surface area (Å²) in [6, 6.07) is 20.2. The Morgan fingerprint density at radius 3 is 2.40 bits per heavy atom. The maximum absolute atomic E-state index is 12.2. The van der Waals surface area contributed by atoms with Gasteiger partial charge in [0.05, 0.1) is 13.0 Å². The molecule has 0 radical (unpaired) electrons. The SMILES string of the molecule is CCOc1ccc(C(=O)COC(=O)CNC(=O)Cc2cccc3ccccc23)cc1. The minimum absolute atomic E-state index is 0.153. The maximum atomic E-state index is 12.2. The number of fused-ring (bicyclic) bond motifs is 1. The van der Waals surface area contributed by atoms with Crippen LogP contribution in [0.5, 0.6) is 5.75 Å². The Hall–Kier alpha value is -3.67. The molecule has 0 aliphatic heterocycles. The van der Waals surface area contributed by atoms with Crippen LogP contribution >= 0.6 is 0 Å². The van der Waals surface area contributed by atoms with Crippen LogP contribution in [0.15, 0.2) is 66.7 Å². The predicted molar refractivity (Wildman–Crippen MR) is 114 cm³/mol. The summed E-state index contributed by atoms with van der Waals surface area (Å²) in [5.41, 5.74) is 1.30. The number of rotatable bonds is 9. The average molecular weight is 405 g/mol. The van der Waals surface area contributed by atoms with E-state index < -0.39 is 5.97 Å². The standard InChI is InChI=1S/C24H23NO5/c1-2-29-20-12-10-18(11-13-20)22(26)16-30-24(28)15-25-23(27)14-19-8-5-7-17-6-3-4-9-21(17)19/h3-13H,2,14-16H2,1H3,(H,25,27). The molecule has 0 aromatic heterocycles. The van der Waals surface area contributed by atoms with E-state index in [1.807, 2.05) is 49.4 Å². The summed E-state index contributed by atoms with van der Waals surface area (Å²) in [6.45, 7) is 1.74. The molecule has 3 aromatic rings. The van der Waals surface area contributed by atoms with E-state index in [1.165, 1.54) is 0 Å². The van der Waals surface area contributed by atoms with Gasteiger partial charge in [-0.3, -0.25) is 14.4 Å². The van der Waals surface area contributed by atoms with Crippen LogP contribution in [0.4, 0.5) is 0 Å². The van der Waals surface area contributed by atoms with Crippen LogP contribution in [-0.2, 0) is 20.7 Å². The number of nitrogens with one attached hydrogen (secondary N) is 1. The van der Waals surface area contributed by atoms with Crippen LogP contribution in [0.25, 0.3) is 10.8 Å². The average Bonchev–Trinajstić information content (AvgIpc) is 2.77. The number of amides is 1. The second kappa shape index (κ2) is 10.2. The van der Waals surface area contributed by atoms with Crippen molar-refractivity contribution in [2.75, 3.05) is 19.8 Å². The number of hydrogen-bond acceptors (Lipinski definition) is 5. The van der Waals surface area contributed by atoms with Gasteiger partial charge in [0.2, 0.25) is 5.91 Å². The van der Waals surface area contributed by atoms with E-state index in [2.05, 4.69) is 5.32 Å². The zero-order chi connectivity index (χ0) is 21.3. The van der Waals surface area contributed by atoms with Gasteiger partial charge in [-0.05, 0) is 47.5 Å². The molecule has 6 nitrogen and oxygen atoms in total. The number of benzene rings is 3. The Morgan fingerprint density at radius 1 is 0.900 bits per heavy atom. The van der Waals surface area contributed by atoms with Gasteiger partial charge in [0.15, 0.2) is 12.4 Å². The minimum Gasteiger partial charge on any atom is -0.494 e. The molecular formula is C24H23NO5. The molecule has 30 heavy (non-hydrogen) atoms. The zero-order valence-electron chi connectivity index (χ0n) is 16.7. The Morgan fingerprint density at radius 2 is 1.63 bits per heavy atom. The van der Waals surface area contributed by atoms with Crippen molar-refractivity contribution in [1.29, 1.82) is 0 Å². The topological polar surface area (TPSA) is 81.7 Å². The van der Waals surface area contributed by atoms with Crippen LogP contribution in [0.3, 0.4) is 0 Å². The Bertz CT molecular complexity index is 1040. The second-order valence-corrected chi connectivity index (χ2v) is 6.63. The fraction of sp³-hybridized carbons (Fsp3) is 0.208. The highest BCUT2D eigenvalue weighted by Crippen LogP contribution is 2.18. The molecule has 6 heteroatoms. The van der Waals surface area contributed by atoms with Gasteiger partial charge in [0.25, 0.3) is 0 Å². The number of hydrogen-bond donors (Lipinski definition) is 1. The molecule has 1 amide bonds. The van der Waals surface area contributed by atoms with Gasteiger partial charge >= 0.3 is 5.97 Å². The molecule has 1 N–H and O–H groups in total. The summed E-state index contributed by atoms with van der Waals surface area (Å²) in [5.74, 6) is -0.616. The van der Waals surface area contributed by atoms with Crippen LogP contribution in [-0.4, -0.2) is 37.4 Å². The lowest BCUT2D eigenvalue weighted by Crippen LogP contribution is -2.32. The summed E-state index contributed by atoms with van der Waals surface area (Å²) >= 11 is 0. The number of ketones is 1. The molecule has 3 aromatic carbocycles. The Labute approximate surface area is 174 Å². The quantitative estimate of drug-likeness (QED) is 0.436. The number of Topliss-reactive ketones (excluding diaryl/α,β-unsaturated/α-hetero) is 1. The predicted octanol–water partition coefficient (Wildman–Crippen LogP) is 3.32. The van der Waals surface area contributed by atoms with Crippen molar-refractivity contribution in [2.24, 2.45) is 0 Å². The van der Waals surface area contributed by atoms with Crippen molar-refractivity contribution in [2.45, 2.75) is 13.3 Å². The molecule has 0 saturated carbocycles. The van der Waals surface area contributed by atoms with Gasteiger partial charge in [0, 0.05) is 5.56 Å². The second-order valence-electron chi connectivity index (χ2n) is 6.63. The summed E-state index contributed by atoms with van der Waals surface area (Å²) in [6.07, 6.45) is 0.153. The van der Waals surface area contributed by atoms with Gasteiger partial charge in [-0.2, -0.15) is 0 Å². The third kappa shape index (κ3) is 5.67. The normalized spacial score (nSPS) is 10.4. The van der Waals surface area contributed by atoms with Crippen molar-refractivity contribution in [3.05, 3.63) is 77.9 Å². The highest BCUT2D eigenvalue weighted by molar-refractivity contribution is 5.98. The molecule has 0 bridgehead atoms. The smallest absolute Gasteiger partial charge is 0.325 e. The molecular weight excluding hydrogens is 382 g/mol. The van der Waals surface area contributed by atoms with E-state index in [1.54, 1.807) is 24.3 Å². The molecule has 0 atom stereocenters. The monoisotopic (exact) mass is 405 g/mol. The summed E-state index contributed by atoms with van der Waals surface area (Å²) < 4.78 is 10.3. The van der Waals surface area contributed by atoms with Crippen molar-refractivity contribution in [1.82, 2.24) is 5.32 Å². The summed E-state index contributed by atoms with van der Waals surface area (Å²) in [5, 5.41) is 4.59. The van der Waals surface area contributed by atoms with E-state index in [4.69, 9.17) is 9.47 Å². The van der Waals surface area contributed by atoms with Crippen LogP contribution in [0.1, 0.15) is 22.8 Å². The number of carbonyl (C=O) groups is 3.